The van der Waals surface area contributed by atoms with Crippen LogP contribution in [0.4, 0.5) is 0 Å². The van der Waals surface area contributed by atoms with Crippen molar-refractivity contribution >= 4 is 17.7 Å². The lowest BCUT2D eigenvalue weighted by Gasteiger charge is -2.45. The summed E-state index contributed by atoms with van der Waals surface area (Å²) < 4.78 is 0. The number of thioether (sulfide) groups is 1. The highest BCUT2D eigenvalue weighted by Crippen LogP contribution is 2.32. The third-order valence-electron chi connectivity index (χ3n) is 2.65. The van der Waals surface area contributed by atoms with E-state index in [1.807, 2.05) is 0 Å². The summed E-state index contributed by atoms with van der Waals surface area (Å²) in [5.74, 6) is 0.610. The van der Waals surface area contributed by atoms with Crippen molar-refractivity contribution in [1.82, 2.24) is 4.90 Å². The summed E-state index contributed by atoms with van der Waals surface area (Å²) in [5, 5.41) is 28.1. The zero-order chi connectivity index (χ0) is 10.3. The molecule has 0 saturated carbocycles. The molecule has 2 saturated heterocycles. The molecule has 3 N–H and O–H groups in total. The van der Waals surface area contributed by atoms with Crippen LogP contribution in [0, 0.1) is 0 Å². The fourth-order valence-corrected chi connectivity index (χ4v) is 3.11. The second-order valence-electron chi connectivity index (χ2n) is 3.61. The van der Waals surface area contributed by atoms with Gasteiger partial charge in [-0.05, 0) is 0 Å². The van der Waals surface area contributed by atoms with Crippen molar-refractivity contribution in [3.05, 3.63) is 0 Å². The van der Waals surface area contributed by atoms with Gasteiger partial charge in [-0.15, -0.1) is 11.8 Å². The minimum atomic E-state index is -1.14. The van der Waals surface area contributed by atoms with Crippen LogP contribution in [0.3, 0.4) is 0 Å². The van der Waals surface area contributed by atoms with Crippen LogP contribution >= 0.6 is 11.8 Å². The Kier molecular flexibility index (Phi) is 2.70. The molecule has 2 aliphatic rings. The number of hydrogen-bond donors (Lipinski definition) is 3. The number of amides is 1. The fraction of sp³-hybridized carbons (Fsp3) is 0.875. The van der Waals surface area contributed by atoms with Gasteiger partial charge in [0.05, 0.1) is 6.54 Å². The number of piperidine rings is 1. The van der Waals surface area contributed by atoms with Gasteiger partial charge in [-0.2, -0.15) is 0 Å². The summed E-state index contributed by atoms with van der Waals surface area (Å²) in [6.45, 7) is 0.120. The lowest BCUT2D eigenvalue weighted by atomic mass is 10.0. The molecule has 0 aromatic carbocycles. The summed E-state index contributed by atoms with van der Waals surface area (Å²) in [6, 6.07) is 0. The molecular weight excluding hydrogens is 206 g/mol. The molecule has 2 heterocycles. The third-order valence-corrected chi connectivity index (χ3v) is 3.97. The van der Waals surface area contributed by atoms with Gasteiger partial charge in [0, 0.05) is 12.2 Å². The van der Waals surface area contributed by atoms with Crippen molar-refractivity contribution in [2.45, 2.75) is 30.1 Å². The Morgan fingerprint density at radius 1 is 1.29 bits per heavy atom. The van der Waals surface area contributed by atoms with Gasteiger partial charge in [0.25, 0.3) is 0 Å². The van der Waals surface area contributed by atoms with Gasteiger partial charge in [0.2, 0.25) is 5.91 Å². The molecule has 6 heteroatoms. The van der Waals surface area contributed by atoms with E-state index in [1.165, 1.54) is 16.7 Å². The van der Waals surface area contributed by atoms with E-state index in [9.17, 15) is 20.1 Å². The number of aliphatic hydroxyl groups excluding tert-OH is 3. The summed E-state index contributed by atoms with van der Waals surface area (Å²) in [5.41, 5.74) is 0. The van der Waals surface area contributed by atoms with Gasteiger partial charge in [0.1, 0.15) is 23.7 Å². The third kappa shape index (κ3) is 1.52. The van der Waals surface area contributed by atoms with Crippen molar-refractivity contribution in [2.24, 2.45) is 0 Å². The van der Waals surface area contributed by atoms with Crippen molar-refractivity contribution in [2.75, 3.05) is 12.3 Å². The number of rotatable bonds is 0. The molecule has 0 aromatic heterocycles. The molecule has 0 aliphatic carbocycles. The van der Waals surface area contributed by atoms with Crippen molar-refractivity contribution in [3.8, 4) is 0 Å². The quantitative estimate of drug-likeness (QED) is 0.456. The monoisotopic (exact) mass is 219 g/mol. The zero-order valence-corrected chi connectivity index (χ0v) is 8.35. The molecule has 0 bridgehead atoms. The first-order chi connectivity index (χ1) is 6.61. The molecule has 2 rings (SSSR count). The van der Waals surface area contributed by atoms with Gasteiger partial charge in [0.15, 0.2) is 0 Å². The van der Waals surface area contributed by atoms with E-state index in [0.29, 0.717) is 12.2 Å². The van der Waals surface area contributed by atoms with E-state index in [-0.39, 0.29) is 12.5 Å². The second-order valence-corrected chi connectivity index (χ2v) is 4.83. The first kappa shape index (κ1) is 10.2. The normalized spacial score (nSPS) is 43.6. The van der Waals surface area contributed by atoms with Crippen LogP contribution in [0.5, 0.6) is 0 Å². The highest BCUT2D eigenvalue weighted by Gasteiger charge is 2.45. The van der Waals surface area contributed by atoms with Crippen molar-refractivity contribution < 1.29 is 20.1 Å². The summed E-state index contributed by atoms with van der Waals surface area (Å²) in [6.07, 6.45) is -2.79. The smallest absolute Gasteiger partial charge is 0.224 e. The largest absolute Gasteiger partial charge is 0.388 e. The number of nitrogens with zero attached hydrogens (tertiary/aromatic N) is 1. The number of carbonyl (C=O) groups is 1. The first-order valence-corrected chi connectivity index (χ1v) is 5.61. The lowest BCUT2D eigenvalue weighted by Crippen LogP contribution is -2.62. The Hall–Kier alpha value is -0.300. The summed E-state index contributed by atoms with van der Waals surface area (Å²) in [4.78, 5) is 12.9. The van der Waals surface area contributed by atoms with Gasteiger partial charge >= 0.3 is 0 Å². The maximum atomic E-state index is 11.4. The molecule has 2 aliphatic heterocycles. The van der Waals surface area contributed by atoms with Crippen LogP contribution in [0.15, 0.2) is 0 Å². The van der Waals surface area contributed by atoms with Crippen LogP contribution in [-0.2, 0) is 4.79 Å². The second kappa shape index (κ2) is 3.69. The molecule has 80 valence electrons. The van der Waals surface area contributed by atoms with Crippen LogP contribution < -0.4 is 0 Å². The van der Waals surface area contributed by atoms with Crippen LogP contribution in [-0.4, -0.2) is 62.1 Å². The van der Waals surface area contributed by atoms with Crippen LogP contribution in [0.25, 0.3) is 0 Å². The standard InChI is InChI=1S/C8H13NO4S/c10-4-3-9-5(11)1-2-14-8(9)7(13)6(4)12/h4,6-8,10,12-13H,1-3H2/t4-,6-,7-,8+/m1/s1. The molecule has 1 amide bonds. The topological polar surface area (TPSA) is 81.0 Å². The number of carbonyl (C=O) groups excluding carboxylic acids is 1. The fourth-order valence-electron chi connectivity index (χ4n) is 1.84. The van der Waals surface area contributed by atoms with E-state index in [1.54, 1.807) is 0 Å². The predicted octanol–water partition coefficient (Wildman–Crippen LogP) is -1.63. The minimum Gasteiger partial charge on any atom is -0.388 e. The van der Waals surface area contributed by atoms with Crippen LogP contribution in [0.2, 0.25) is 0 Å². The number of aliphatic hydroxyl groups is 3. The molecule has 0 unspecified atom stereocenters. The molecule has 14 heavy (non-hydrogen) atoms. The molecule has 5 nitrogen and oxygen atoms in total. The molecule has 0 radical (unpaired) electrons. The van der Waals surface area contributed by atoms with E-state index in [2.05, 4.69) is 0 Å². The molecule has 0 aromatic rings. The summed E-state index contributed by atoms with van der Waals surface area (Å²) >= 11 is 1.45. The van der Waals surface area contributed by atoms with E-state index in [0.717, 1.165) is 0 Å². The van der Waals surface area contributed by atoms with Gasteiger partial charge in [-0.25, -0.2) is 0 Å². The van der Waals surface area contributed by atoms with Gasteiger partial charge in [-0.1, -0.05) is 0 Å². The Bertz CT molecular complexity index is 249. The maximum Gasteiger partial charge on any atom is 0.224 e. The van der Waals surface area contributed by atoms with E-state index in [4.69, 9.17) is 0 Å². The lowest BCUT2D eigenvalue weighted by molar-refractivity contribution is -0.153. The molecular formula is C8H13NO4S. The predicted molar refractivity (Wildman–Crippen MR) is 50.6 cm³/mol. The highest BCUT2D eigenvalue weighted by atomic mass is 32.2. The van der Waals surface area contributed by atoms with Gasteiger partial charge < -0.3 is 20.2 Å². The van der Waals surface area contributed by atoms with E-state index >= 15 is 0 Å². The van der Waals surface area contributed by atoms with E-state index < -0.39 is 23.7 Å². The number of fused-ring (bicyclic) bond motifs is 1. The Morgan fingerprint density at radius 2 is 2.00 bits per heavy atom. The van der Waals surface area contributed by atoms with Crippen molar-refractivity contribution in [1.29, 1.82) is 0 Å². The van der Waals surface area contributed by atoms with Crippen molar-refractivity contribution in [3.63, 3.8) is 0 Å². The average Bonchev–Trinajstić information content (AvgIpc) is 2.17. The SMILES string of the molecule is O=C1CCS[C@H]2[C@H](O)[C@H](O)[C@H](O)CN12. The molecule has 4 atom stereocenters. The Balaban J connectivity index is 2.17. The first-order valence-electron chi connectivity index (χ1n) is 4.56. The van der Waals surface area contributed by atoms with Crippen LogP contribution in [0.1, 0.15) is 6.42 Å². The Labute approximate surface area is 85.7 Å². The minimum absolute atomic E-state index is 0.0567. The summed E-state index contributed by atoms with van der Waals surface area (Å²) in [7, 11) is 0. The molecule has 0 spiro atoms. The Morgan fingerprint density at radius 3 is 2.71 bits per heavy atom. The average molecular weight is 219 g/mol. The van der Waals surface area contributed by atoms with Gasteiger partial charge in [-0.3, -0.25) is 4.79 Å². The maximum absolute atomic E-state index is 11.4. The number of hydrogen-bond acceptors (Lipinski definition) is 5. The zero-order valence-electron chi connectivity index (χ0n) is 7.54. The molecule has 2 fully saturated rings. The highest BCUT2D eigenvalue weighted by molar-refractivity contribution is 8.00.